The average Bonchev–Trinajstić information content (AvgIpc) is 2.56. The zero-order valence-electron chi connectivity index (χ0n) is 13.9. The van der Waals surface area contributed by atoms with Crippen LogP contribution in [0.25, 0.3) is 0 Å². The number of hydrogen-bond acceptors (Lipinski definition) is 3. The Hall–Kier alpha value is -1.10. The molecular weight excluding hydrogens is 315 g/mol. The zero-order valence-corrected chi connectivity index (χ0v) is 14.7. The van der Waals surface area contributed by atoms with E-state index in [-0.39, 0.29) is 24.3 Å². The summed E-state index contributed by atoms with van der Waals surface area (Å²) in [5, 5.41) is 3.38. The number of benzene rings is 1. The largest absolute Gasteiger partial charge is 0.494 e. The summed E-state index contributed by atoms with van der Waals surface area (Å²) in [5.41, 5.74) is 1.05. The number of nitrogens with one attached hydrogen (secondary N) is 1. The molecule has 1 aromatic carbocycles. The standard InChI is InChI=1S/C18H27FN2O.ClH/c1-3-4-5-6-7-17(21-12-10-20-11-13-21)15-8-9-18(22-2)16(19)14-15;/h3,8-9,14,17,20H,1,4-7,10-13H2,2H3;1H/t17-;/m1./s1. The zero-order chi connectivity index (χ0) is 15.8. The second kappa shape index (κ2) is 10.6. The minimum Gasteiger partial charge on any atom is -0.494 e. The Morgan fingerprint density at radius 1 is 1.35 bits per heavy atom. The first-order valence-corrected chi connectivity index (χ1v) is 8.15. The number of halogens is 2. The fourth-order valence-corrected chi connectivity index (χ4v) is 3.07. The highest BCUT2D eigenvalue weighted by Gasteiger charge is 2.22. The lowest BCUT2D eigenvalue weighted by Crippen LogP contribution is -2.45. The van der Waals surface area contributed by atoms with Crippen LogP contribution < -0.4 is 10.1 Å². The Morgan fingerprint density at radius 3 is 2.70 bits per heavy atom. The van der Waals surface area contributed by atoms with Crippen molar-refractivity contribution in [1.82, 2.24) is 10.2 Å². The van der Waals surface area contributed by atoms with Crippen molar-refractivity contribution in [2.24, 2.45) is 0 Å². The van der Waals surface area contributed by atoms with Crippen molar-refractivity contribution in [2.75, 3.05) is 33.3 Å². The van der Waals surface area contributed by atoms with Gasteiger partial charge < -0.3 is 10.1 Å². The van der Waals surface area contributed by atoms with Crippen LogP contribution in [0.4, 0.5) is 4.39 Å². The minimum absolute atomic E-state index is 0. The first kappa shape index (κ1) is 19.9. The number of methoxy groups -OCH3 is 1. The summed E-state index contributed by atoms with van der Waals surface area (Å²) < 4.78 is 19.1. The van der Waals surface area contributed by atoms with Crippen LogP contribution in [-0.2, 0) is 0 Å². The van der Waals surface area contributed by atoms with Gasteiger partial charge in [-0.25, -0.2) is 4.39 Å². The highest BCUT2D eigenvalue weighted by molar-refractivity contribution is 5.85. The Bertz CT molecular complexity index is 478. The Labute approximate surface area is 145 Å². The molecule has 0 unspecified atom stereocenters. The van der Waals surface area contributed by atoms with Crippen molar-refractivity contribution in [1.29, 1.82) is 0 Å². The van der Waals surface area contributed by atoms with Gasteiger partial charge in [-0.2, -0.15) is 0 Å². The molecule has 0 saturated carbocycles. The molecule has 3 nitrogen and oxygen atoms in total. The van der Waals surface area contributed by atoms with Gasteiger partial charge in [0.25, 0.3) is 0 Å². The molecule has 23 heavy (non-hydrogen) atoms. The summed E-state index contributed by atoms with van der Waals surface area (Å²) in [4.78, 5) is 2.46. The van der Waals surface area contributed by atoms with E-state index in [1.54, 1.807) is 12.1 Å². The molecule has 1 aliphatic rings. The highest BCUT2D eigenvalue weighted by atomic mass is 35.5. The molecule has 1 saturated heterocycles. The molecule has 1 heterocycles. The number of nitrogens with zero attached hydrogens (tertiary/aromatic N) is 1. The molecule has 0 radical (unpaired) electrons. The molecule has 0 bridgehead atoms. The second-order valence-electron chi connectivity index (χ2n) is 5.77. The monoisotopic (exact) mass is 342 g/mol. The van der Waals surface area contributed by atoms with Gasteiger partial charge in [-0.1, -0.05) is 18.6 Å². The summed E-state index contributed by atoms with van der Waals surface area (Å²) in [7, 11) is 1.50. The van der Waals surface area contributed by atoms with Gasteiger partial charge in [0.05, 0.1) is 7.11 Å². The average molecular weight is 343 g/mol. The maximum Gasteiger partial charge on any atom is 0.165 e. The fraction of sp³-hybridized carbons (Fsp3) is 0.556. The summed E-state index contributed by atoms with van der Waals surface area (Å²) in [6.45, 7) is 7.80. The first-order chi connectivity index (χ1) is 10.8. The molecule has 5 heteroatoms. The molecule has 0 spiro atoms. The van der Waals surface area contributed by atoms with E-state index in [4.69, 9.17) is 4.74 Å². The Kier molecular flexibility index (Phi) is 9.22. The lowest BCUT2D eigenvalue weighted by atomic mass is 9.97. The van der Waals surface area contributed by atoms with Crippen LogP contribution in [0.2, 0.25) is 0 Å². The molecule has 1 aliphatic heterocycles. The van der Waals surface area contributed by atoms with Crippen LogP contribution in [0, 0.1) is 5.82 Å². The van der Waals surface area contributed by atoms with Gasteiger partial charge in [0.1, 0.15) is 0 Å². The quantitative estimate of drug-likeness (QED) is 0.572. The van der Waals surface area contributed by atoms with E-state index in [1.807, 2.05) is 12.1 Å². The van der Waals surface area contributed by atoms with Crippen LogP contribution in [-0.4, -0.2) is 38.2 Å². The molecule has 1 fully saturated rings. The normalized spacial score (nSPS) is 16.4. The van der Waals surface area contributed by atoms with Crippen LogP contribution >= 0.6 is 12.4 Å². The number of rotatable bonds is 8. The van der Waals surface area contributed by atoms with E-state index in [9.17, 15) is 4.39 Å². The number of ether oxygens (including phenoxy) is 1. The first-order valence-electron chi connectivity index (χ1n) is 8.15. The van der Waals surface area contributed by atoms with Crippen molar-refractivity contribution in [3.63, 3.8) is 0 Å². The third-order valence-corrected chi connectivity index (χ3v) is 4.29. The van der Waals surface area contributed by atoms with E-state index in [0.717, 1.165) is 57.4 Å². The van der Waals surface area contributed by atoms with E-state index < -0.39 is 0 Å². The highest BCUT2D eigenvalue weighted by Crippen LogP contribution is 2.30. The molecule has 1 atom stereocenters. The number of hydrogen-bond donors (Lipinski definition) is 1. The Balaban J connectivity index is 0.00000264. The number of piperazine rings is 1. The topological polar surface area (TPSA) is 24.5 Å². The SMILES string of the molecule is C=CCCCC[C@H](c1ccc(OC)c(F)c1)N1CCNCC1.Cl. The molecule has 1 N–H and O–H groups in total. The predicted octanol–water partition coefficient (Wildman–Crippen LogP) is 3.95. The maximum atomic E-state index is 14.1. The van der Waals surface area contributed by atoms with Gasteiger partial charge in [0.15, 0.2) is 11.6 Å². The fourth-order valence-electron chi connectivity index (χ4n) is 3.07. The third kappa shape index (κ3) is 5.79. The van der Waals surface area contributed by atoms with Crippen molar-refractivity contribution in [3.8, 4) is 5.75 Å². The van der Waals surface area contributed by atoms with Gasteiger partial charge >= 0.3 is 0 Å². The van der Waals surface area contributed by atoms with Crippen LogP contribution in [0.15, 0.2) is 30.9 Å². The van der Waals surface area contributed by atoms with E-state index in [0.29, 0.717) is 5.75 Å². The van der Waals surface area contributed by atoms with Crippen LogP contribution in [0.1, 0.15) is 37.3 Å². The number of unbranched alkanes of at least 4 members (excludes halogenated alkanes) is 2. The third-order valence-electron chi connectivity index (χ3n) is 4.29. The Morgan fingerprint density at radius 2 is 2.09 bits per heavy atom. The van der Waals surface area contributed by atoms with Crippen molar-refractivity contribution in [3.05, 3.63) is 42.2 Å². The lowest BCUT2D eigenvalue weighted by molar-refractivity contribution is 0.162. The van der Waals surface area contributed by atoms with Gasteiger partial charge in [-0.15, -0.1) is 19.0 Å². The molecule has 2 rings (SSSR count). The molecule has 0 amide bonds. The van der Waals surface area contributed by atoms with Gasteiger partial charge in [-0.3, -0.25) is 4.90 Å². The van der Waals surface area contributed by atoms with Crippen molar-refractivity contribution < 1.29 is 9.13 Å². The molecule has 0 aliphatic carbocycles. The molecule has 0 aromatic heterocycles. The lowest BCUT2D eigenvalue weighted by Gasteiger charge is -2.35. The second-order valence-corrected chi connectivity index (χ2v) is 5.77. The van der Waals surface area contributed by atoms with Gasteiger partial charge in [-0.05, 0) is 37.0 Å². The maximum absolute atomic E-state index is 14.1. The van der Waals surface area contributed by atoms with Crippen molar-refractivity contribution in [2.45, 2.75) is 31.7 Å². The smallest absolute Gasteiger partial charge is 0.165 e. The summed E-state index contributed by atoms with van der Waals surface area (Å²) in [5.74, 6) is 0.0423. The summed E-state index contributed by atoms with van der Waals surface area (Å²) in [6, 6.07) is 5.66. The van der Waals surface area contributed by atoms with Crippen molar-refractivity contribution >= 4 is 12.4 Å². The molecule has 130 valence electrons. The minimum atomic E-state index is -0.272. The van der Waals surface area contributed by atoms with Gasteiger partial charge in [0.2, 0.25) is 0 Å². The van der Waals surface area contributed by atoms with E-state index in [2.05, 4.69) is 16.8 Å². The van der Waals surface area contributed by atoms with E-state index in [1.165, 1.54) is 7.11 Å². The summed E-state index contributed by atoms with van der Waals surface area (Å²) in [6.07, 6.45) is 6.34. The number of allylic oxidation sites excluding steroid dienone is 1. The molecular formula is C18H28ClFN2O. The van der Waals surface area contributed by atoms with Crippen LogP contribution in [0.5, 0.6) is 5.75 Å². The predicted molar refractivity (Wildman–Crippen MR) is 96.0 cm³/mol. The van der Waals surface area contributed by atoms with Crippen LogP contribution in [0.3, 0.4) is 0 Å². The summed E-state index contributed by atoms with van der Waals surface area (Å²) >= 11 is 0. The molecule has 1 aromatic rings. The van der Waals surface area contributed by atoms with E-state index >= 15 is 0 Å². The van der Waals surface area contributed by atoms with Gasteiger partial charge in [0, 0.05) is 32.2 Å².